The normalized spacial score (nSPS) is 27.1. The molecule has 11 nitrogen and oxygen atoms in total. The third kappa shape index (κ3) is 7.58. The average molecular weight is 442 g/mol. The Bertz CT molecular complexity index is 746. The summed E-state index contributed by atoms with van der Waals surface area (Å²) in [7, 11) is 0. The summed E-state index contributed by atoms with van der Waals surface area (Å²) in [6, 6.07) is 6.08. The Morgan fingerprint density at radius 3 is 2.32 bits per heavy atom. The molecule has 0 saturated carbocycles. The summed E-state index contributed by atoms with van der Waals surface area (Å²) in [6.07, 6.45) is -6.02. The van der Waals surface area contributed by atoms with Crippen molar-refractivity contribution >= 4 is 18.0 Å². The zero-order valence-electron chi connectivity index (χ0n) is 16.7. The number of aromatic hydroxyl groups is 1. The van der Waals surface area contributed by atoms with Gasteiger partial charge in [0.1, 0.15) is 49.5 Å². The van der Waals surface area contributed by atoms with Crippen LogP contribution in [0.3, 0.4) is 0 Å². The number of rotatable bonds is 9. The molecule has 0 bridgehead atoms. The van der Waals surface area contributed by atoms with E-state index in [1.165, 1.54) is 18.2 Å². The van der Waals surface area contributed by atoms with Gasteiger partial charge in [0, 0.05) is 13.0 Å². The van der Waals surface area contributed by atoms with Crippen molar-refractivity contribution in [2.75, 3.05) is 19.8 Å². The van der Waals surface area contributed by atoms with Gasteiger partial charge in [-0.05, 0) is 23.8 Å². The number of aliphatic hydroxyl groups excluding tert-OH is 4. The van der Waals surface area contributed by atoms with E-state index in [0.29, 0.717) is 5.56 Å². The molecule has 1 heterocycles. The SMILES string of the molecule is CC(=O)OC[C@H](COC(=O)C=Cc1ccc(O)cc1)O[C@@H]1O[C@H](CO)[C@@H](O)[C@H](O)[C@H]1O. The van der Waals surface area contributed by atoms with Crippen LogP contribution in [0.4, 0.5) is 0 Å². The maximum absolute atomic E-state index is 12.0. The number of carbonyl (C=O) groups excluding carboxylic acids is 2. The molecule has 172 valence electrons. The molecule has 1 aliphatic rings. The topological polar surface area (TPSA) is 172 Å². The molecule has 1 fully saturated rings. The lowest BCUT2D eigenvalue weighted by Gasteiger charge is -2.40. The van der Waals surface area contributed by atoms with E-state index in [2.05, 4.69) is 0 Å². The van der Waals surface area contributed by atoms with E-state index < -0.39 is 55.4 Å². The Labute approximate surface area is 178 Å². The molecular formula is C20H26O11. The number of benzene rings is 1. The van der Waals surface area contributed by atoms with Gasteiger partial charge in [-0.3, -0.25) is 4.79 Å². The fourth-order valence-corrected chi connectivity index (χ4v) is 2.68. The van der Waals surface area contributed by atoms with E-state index in [1.54, 1.807) is 12.1 Å². The van der Waals surface area contributed by atoms with Gasteiger partial charge in [-0.15, -0.1) is 0 Å². The molecule has 0 aliphatic carbocycles. The van der Waals surface area contributed by atoms with Gasteiger partial charge in [0.2, 0.25) is 0 Å². The number of esters is 2. The lowest BCUT2D eigenvalue weighted by Crippen LogP contribution is -2.60. The van der Waals surface area contributed by atoms with Crippen LogP contribution in [-0.2, 0) is 28.5 Å². The molecule has 6 atom stereocenters. The summed E-state index contributed by atoms with van der Waals surface area (Å²) in [4.78, 5) is 23.1. The van der Waals surface area contributed by atoms with Gasteiger partial charge in [0.15, 0.2) is 6.29 Å². The molecule has 0 aromatic heterocycles. The van der Waals surface area contributed by atoms with Gasteiger partial charge < -0.3 is 44.5 Å². The van der Waals surface area contributed by atoms with Crippen molar-refractivity contribution in [2.24, 2.45) is 0 Å². The maximum atomic E-state index is 12.0. The van der Waals surface area contributed by atoms with E-state index in [-0.39, 0.29) is 19.0 Å². The van der Waals surface area contributed by atoms with E-state index in [1.807, 2.05) is 0 Å². The van der Waals surface area contributed by atoms with Crippen LogP contribution in [0.15, 0.2) is 30.3 Å². The summed E-state index contributed by atoms with van der Waals surface area (Å²) >= 11 is 0. The Morgan fingerprint density at radius 2 is 1.71 bits per heavy atom. The van der Waals surface area contributed by atoms with Gasteiger partial charge in [-0.2, -0.15) is 0 Å². The zero-order valence-corrected chi connectivity index (χ0v) is 16.7. The molecule has 1 saturated heterocycles. The van der Waals surface area contributed by atoms with Crippen LogP contribution in [0.1, 0.15) is 12.5 Å². The molecule has 0 amide bonds. The van der Waals surface area contributed by atoms with E-state index in [9.17, 15) is 35.1 Å². The molecule has 1 aliphatic heterocycles. The fourth-order valence-electron chi connectivity index (χ4n) is 2.68. The van der Waals surface area contributed by atoms with Gasteiger partial charge >= 0.3 is 11.9 Å². The first-order valence-electron chi connectivity index (χ1n) is 9.44. The van der Waals surface area contributed by atoms with Crippen molar-refractivity contribution in [3.63, 3.8) is 0 Å². The number of ether oxygens (including phenoxy) is 4. The average Bonchev–Trinajstić information content (AvgIpc) is 2.75. The third-order valence-corrected chi connectivity index (χ3v) is 4.36. The second kappa shape index (κ2) is 11.7. The van der Waals surface area contributed by atoms with E-state index >= 15 is 0 Å². The summed E-state index contributed by atoms with van der Waals surface area (Å²) < 4.78 is 20.6. The van der Waals surface area contributed by atoms with E-state index in [0.717, 1.165) is 13.0 Å². The Hall–Kier alpha value is -2.54. The highest BCUT2D eigenvalue weighted by molar-refractivity contribution is 5.87. The Balaban J connectivity index is 1.96. The quantitative estimate of drug-likeness (QED) is 0.227. The maximum Gasteiger partial charge on any atom is 0.330 e. The predicted molar refractivity (Wildman–Crippen MR) is 103 cm³/mol. The molecule has 5 N–H and O–H groups in total. The van der Waals surface area contributed by atoms with Crippen LogP contribution >= 0.6 is 0 Å². The first-order chi connectivity index (χ1) is 14.7. The van der Waals surface area contributed by atoms with Crippen LogP contribution in [0.2, 0.25) is 0 Å². The van der Waals surface area contributed by atoms with Crippen molar-refractivity contribution in [3.8, 4) is 5.75 Å². The number of hydrogen-bond acceptors (Lipinski definition) is 11. The zero-order chi connectivity index (χ0) is 23.0. The molecule has 0 unspecified atom stereocenters. The van der Waals surface area contributed by atoms with Crippen LogP contribution in [-0.4, -0.2) is 94.1 Å². The van der Waals surface area contributed by atoms with Crippen molar-refractivity contribution in [3.05, 3.63) is 35.9 Å². The van der Waals surface area contributed by atoms with Crippen LogP contribution in [0.5, 0.6) is 5.75 Å². The van der Waals surface area contributed by atoms with Crippen LogP contribution in [0, 0.1) is 0 Å². The highest BCUT2D eigenvalue weighted by Crippen LogP contribution is 2.23. The van der Waals surface area contributed by atoms with Crippen molar-refractivity contribution in [1.29, 1.82) is 0 Å². The minimum Gasteiger partial charge on any atom is -0.508 e. The van der Waals surface area contributed by atoms with Crippen LogP contribution in [0.25, 0.3) is 6.08 Å². The fraction of sp³-hybridized carbons (Fsp3) is 0.500. The second-order valence-electron chi connectivity index (χ2n) is 6.81. The highest BCUT2D eigenvalue weighted by atomic mass is 16.7. The van der Waals surface area contributed by atoms with Crippen molar-refractivity contribution in [2.45, 2.75) is 43.7 Å². The first kappa shape index (κ1) is 24.7. The second-order valence-corrected chi connectivity index (χ2v) is 6.81. The molecule has 1 aromatic carbocycles. The largest absolute Gasteiger partial charge is 0.508 e. The number of phenols is 1. The molecule has 2 rings (SSSR count). The number of phenolic OH excluding ortho intramolecular Hbond substituents is 1. The van der Waals surface area contributed by atoms with Crippen molar-refractivity contribution in [1.82, 2.24) is 0 Å². The van der Waals surface area contributed by atoms with Crippen molar-refractivity contribution < 1.29 is 54.1 Å². The molecule has 11 heteroatoms. The van der Waals surface area contributed by atoms with Gasteiger partial charge in [0.05, 0.1) is 6.61 Å². The van der Waals surface area contributed by atoms with Gasteiger partial charge in [-0.25, -0.2) is 4.79 Å². The smallest absolute Gasteiger partial charge is 0.330 e. The molecular weight excluding hydrogens is 416 g/mol. The Morgan fingerprint density at radius 1 is 1.06 bits per heavy atom. The van der Waals surface area contributed by atoms with Crippen LogP contribution < -0.4 is 0 Å². The minimum atomic E-state index is -1.66. The monoisotopic (exact) mass is 442 g/mol. The van der Waals surface area contributed by atoms with Gasteiger partial charge in [-0.1, -0.05) is 12.1 Å². The molecule has 0 spiro atoms. The number of hydrogen-bond donors (Lipinski definition) is 5. The number of carbonyl (C=O) groups is 2. The third-order valence-electron chi connectivity index (χ3n) is 4.36. The molecule has 31 heavy (non-hydrogen) atoms. The lowest BCUT2D eigenvalue weighted by molar-refractivity contribution is -0.315. The summed E-state index contributed by atoms with van der Waals surface area (Å²) in [5, 5.41) is 48.2. The summed E-state index contributed by atoms with van der Waals surface area (Å²) in [5.41, 5.74) is 0.642. The van der Waals surface area contributed by atoms with E-state index in [4.69, 9.17) is 18.9 Å². The highest BCUT2D eigenvalue weighted by Gasteiger charge is 2.45. The molecule has 0 radical (unpaired) electrons. The summed E-state index contributed by atoms with van der Waals surface area (Å²) in [5.74, 6) is -1.28. The Kier molecular flexibility index (Phi) is 9.37. The molecule has 1 aromatic rings. The number of aliphatic hydroxyl groups is 4. The lowest BCUT2D eigenvalue weighted by atomic mass is 9.99. The summed E-state index contributed by atoms with van der Waals surface area (Å²) in [6.45, 7) is -0.214. The standard InChI is InChI=1S/C20H26O11/c1-11(22)28-9-14(30-20-19(27)18(26)17(25)15(8-21)31-20)10-29-16(24)7-4-12-2-5-13(23)6-3-12/h2-7,14-15,17-21,23,25-27H,8-10H2,1H3/t14-,15-,17-,18+,19-,20-/m1/s1. The van der Waals surface area contributed by atoms with Gasteiger partial charge in [0.25, 0.3) is 0 Å². The minimum absolute atomic E-state index is 0.0818. The predicted octanol–water partition coefficient (Wildman–Crippen LogP) is -1.30. The first-order valence-corrected chi connectivity index (χ1v) is 9.44.